The third kappa shape index (κ3) is 2.94. The molecule has 15 heavy (non-hydrogen) atoms. The van der Waals surface area contributed by atoms with Gasteiger partial charge in [-0.25, -0.2) is 4.79 Å². The number of rotatable bonds is 5. The highest BCUT2D eigenvalue weighted by Crippen LogP contribution is 2.12. The Labute approximate surface area is 88.5 Å². The molecule has 0 fully saturated rings. The number of aryl methyl sites for hydroxylation is 1. The Morgan fingerprint density at radius 3 is 2.60 bits per heavy atom. The first-order valence-corrected chi connectivity index (χ1v) is 4.94. The molecule has 0 unspecified atom stereocenters. The van der Waals surface area contributed by atoms with Crippen LogP contribution in [-0.2, 0) is 18.3 Å². The second kappa shape index (κ2) is 4.77. The summed E-state index contributed by atoms with van der Waals surface area (Å²) in [6.45, 7) is 1.93. The maximum Gasteiger partial charge on any atom is 0.337 e. The van der Waals surface area contributed by atoms with E-state index in [1.807, 2.05) is 6.92 Å². The van der Waals surface area contributed by atoms with Gasteiger partial charge in [-0.3, -0.25) is 4.79 Å². The Balaban J connectivity index is 2.84. The van der Waals surface area contributed by atoms with Crippen LogP contribution >= 0.6 is 0 Å². The number of aromatic carboxylic acids is 1. The van der Waals surface area contributed by atoms with E-state index >= 15 is 0 Å². The fourth-order valence-corrected chi connectivity index (χ4v) is 1.55. The zero-order chi connectivity index (χ0) is 11.4. The van der Waals surface area contributed by atoms with Gasteiger partial charge in [-0.05, 0) is 12.0 Å². The number of carbonyl (C=O) groups is 2. The monoisotopic (exact) mass is 209 g/mol. The summed E-state index contributed by atoms with van der Waals surface area (Å²) in [5, 5.41) is 8.90. The summed E-state index contributed by atoms with van der Waals surface area (Å²) in [5.41, 5.74) is 0.824. The SMILES string of the molecule is CCCC(=O)Cc1cn(C)cc1C(=O)O. The number of Topliss-reactive ketones (excluding diaryl/α,β-unsaturated/α-hetero) is 1. The van der Waals surface area contributed by atoms with E-state index in [4.69, 9.17) is 5.11 Å². The van der Waals surface area contributed by atoms with Crippen LogP contribution in [0, 0.1) is 0 Å². The van der Waals surface area contributed by atoms with E-state index in [-0.39, 0.29) is 17.8 Å². The second-order valence-corrected chi connectivity index (χ2v) is 3.63. The van der Waals surface area contributed by atoms with Crippen LogP contribution in [0.2, 0.25) is 0 Å². The summed E-state index contributed by atoms with van der Waals surface area (Å²) in [6.07, 6.45) is 4.74. The lowest BCUT2D eigenvalue weighted by atomic mass is 10.1. The number of carboxylic acids is 1. The van der Waals surface area contributed by atoms with E-state index in [1.165, 1.54) is 6.20 Å². The predicted octanol–water partition coefficient (Wildman–Crippen LogP) is 1.64. The molecule has 0 aliphatic heterocycles. The molecule has 1 N–H and O–H groups in total. The molecule has 1 aromatic heterocycles. The van der Waals surface area contributed by atoms with Crippen LogP contribution in [0.25, 0.3) is 0 Å². The highest BCUT2D eigenvalue weighted by Gasteiger charge is 2.14. The number of ketones is 1. The summed E-state index contributed by atoms with van der Waals surface area (Å²) in [5.74, 6) is -0.888. The minimum absolute atomic E-state index is 0.0891. The van der Waals surface area contributed by atoms with Crippen LogP contribution in [0.4, 0.5) is 0 Å². The Hall–Kier alpha value is -1.58. The fourth-order valence-electron chi connectivity index (χ4n) is 1.55. The molecule has 0 radical (unpaired) electrons. The Bertz CT molecular complexity index is 379. The van der Waals surface area contributed by atoms with Crippen molar-refractivity contribution in [1.82, 2.24) is 4.57 Å². The van der Waals surface area contributed by atoms with Gasteiger partial charge < -0.3 is 9.67 Å². The highest BCUT2D eigenvalue weighted by atomic mass is 16.4. The molecule has 1 rings (SSSR count). The molecule has 0 aliphatic rings. The van der Waals surface area contributed by atoms with Crippen molar-refractivity contribution in [1.29, 1.82) is 0 Å². The van der Waals surface area contributed by atoms with Crippen LogP contribution in [0.5, 0.6) is 0 Å². The summed E-state index contributed by atoms with van der Waals surface area (Å²) in [6, 6.07) is 0. The minimum Gasteiger partial charge on any atom is -0.478 e. The quantitative estimate of drug-likeness (QED) is 0.801. The normalized spacial score (nSPS) is 10.3. The number of hydrogen-bond acceptors (Lipinski definition) is 2. The molecule has 0 spiro atoms. The molecule has 0 aromatic carbocycles. The maximum atomic E-state index is 11.4. The number of nitrogens with zero attached hydrogens (tertiary/aromatic N) is 1. The van der Waals surface area contributed by atoms with Gasteiger partial charge >= 0.3 is 5.97 Å². The van der Waals surface area contributed by atoms with Crippen molar-refractivity contribution >= 4 is 11.8 Å². The van der Waals surface area contributed by atoms with Gasteiger partial charge in [-0.1, -0.05) is 6.92 Å². The number of hydrogen-bond donors (Lipinski definition) is 1. The first kappa shape index (κ1) is 11.5. The van der Waals surface area contributed by atoms with Gasteiger partial charge in [-0.15, -0.1) is 0 Å². The number of aromatic nitrogens is 1. The van der Waals surface area contributed by atoms with Crippen LogP contribution in [0.1, 0.15) is 35.7 Å². The molecular formula is C11H15NO3. The third-order valence-corrected chi connectivity index (χ3v) is 2.19. The van der Waals surface area contributed by atoms with E-state index < -0.39 is 5.97 Å². The van der Waals surface area contributed by atoms with Crippen LogP contribution < -0.4 is 0 Å². The zero-order valence-electron chi connectivity index (χ0n) is 8.99. The van der Waals surface area contributed by atoms with Crippen LogP contribution in [0.3, 0.4) is 0 Å². The van der Waals surface area contributed by atoms with Gasteiger partial charge in [0.2, 0.25) is 0 Å². The lowest BCUT2D eigenvalue weighted by Crippen LogP contribution is -2.05. The highest BCUT2D eigenvalue weighted by molar-refractivity contribution is 5.92. The smallest absolute Gasteiger partial charge is 0.337 e. The standard InChI is InChI=1S/C11H15NO3/c1-3-4-9(13)5-8-6-12(2)7-10(8)11(14)15/h6-7H,3-5H2,1-2H3,(H,14,15). The summed E-state index contributed by atoms with van der Waals surface area (Å²) in [7, 11) is 1.75. The van der Waals surface area contributed by atoms with Crippen LogP contribution in [-0.4, -0.2) is 21.4 Å². The Kier molecular flexibility index (Phi) is 3.66. The topological polar surface area (TPSA) is 59.3 Å². The van der Waals surface area contributed by atoms with E-state index in [2.05, 4.69) is 0 Å². The summed E-state index contributed by atoms with van der Waals surface area (Å²) >= 11 is 0. The molecule has 1 aromatic rings. The van der Waals surface area contributed by atoms with Crippen LogP contribution in [0.15, 0.2) is 12.4 Å². The van der Waals surface area contributed by atoms with Crippen molar-refractivity contribution in [3.63, 3.8) is 0 Å². The van der Waals surface area contributed by atoms with Crippen molar-refractivity contribution in [2.45, 2.75) is 26.2 Å². The van der Waals surface area contributed by atoms with Crippen molar-refractivity contribution in [2.75, 3.05) is 0 Å². The second-order valence-electron chi connectivity index (χ2n) is 3.63. The molecule has 0 amide bonds. The molecule has 82 valence electrons. The predicted molar refractivity (Wildman–Crippen MR) is 56.0 cm³/mol. The van der Waals surface area contributed by atoms with Crippen molar-refractivity contribution < 1.29 is 14.7 Å². The van der Waals surface area contributed by atoms with Crippen molar-refractivity contribution in [3.8, 4) is 0 Å². The summed E-state index contributed by atoms with van der Waals surface area (Å²) < 4.78 is 1.66. The molecule has 0 saturated carbocycles. The average Bonchev–Trinajstić information content (AvgIpc) is 2.47. The third-order valence-electron chi connectivity index (χ3n) is 2.19. The minimum atomic E-state index is -0.977. The maximum absolute atomic E-state index is 11.4. The molecule has 0 atom stereocenters. The lowest BCUT2D eigenvalue weighted by Gasteiger charge is -1.98. The zero-order valence-corrected chi connectivity index (χ0v) is 8.99. The molecule has 4 heteroatoms. The van der Waals surface area contributed by atoms with Gasteiger partial charge in [0.05, 0.1) is 5.56 Å². The molecule has 0 saturated heterocycles. The Morgan fingerprint density at radius 1 is 1.40 bits per heavy atom. The first-order chi connectivity index (χ1) is 7.04. The molecule has 4 nitrogen and oxygen atoms in total. The van der Waals surface area contributed by atoms with Gasteiger partial charge in [0.15, 0.2) is 0 Å². The Morgan fingerprint density at radius 2 is 2.07 bits per heavy atom. The van der Waals surface area contributed by atoms with Crippen molar-refractivity contribution in [3.05, 3.63) is 23.5 Å². The molecular weight excluding hydrogens is 194 g/mol. The van der Waals surface area contributed by atoms with E-state index in [0.717, 1.165) is 6.42 Å². The molecule has 1 heterocycles. The van der Waals surface area contributed by atoms with Crippen molar-refractivity contribution in [2.24, 2.45) is 7.05 Å². The average molecular weight is 209 g/mol. The van der Waals surface area contributed by atoms with Gasteiger partial charge in [-0.2, -0.15) is 0 Å². The lowest BCUT2D eigenvalue weighted by molar-refractivity contribution is -0.118. The van der Waals surface area contributed by atoms with E-state index in [0.29, 0.717) is 12.0 Å². The number of carbonyl (C=O) groups excluding carboxylic acids is 1. The van der Waals surface area contributed by atoms with Gasteiger partial charge in [0.25, 0.3) is 0 Å². The first-order valence-electron chi connectivity index (χ1n) is 4.94. The fraction of sp³-hybridized carbons (Fsp3) is 0.455. The largest absolute Gasteiger partial charge is 0.478 e. The van der Waals surface area contributed by atoms with Gasteiger partial charge in [0.1, 0.15) is 5.78 Å². The van der Waals surface area contributed by atoms with Gasteiger partial charge in [0, 0.05) is 32.3 Å². The van der Waals surface area contributed by atoms with E-state index in [1.54, 1.807) is 17.8 Å². The number of carboxylic acid groups (broad SMARTS) is 1. The molecule has 0 aliphatic carbocycles. The summed E-state index contributed by atoms with van der Waals surface area (Å²) in [4.78, 5) is 22.2. The van der Waals surface area contributed by atoms with E-state index in [9.17, 15) is 9.59 Å². The molecule has 0 bridgehead atoms.